The van der Waals surface area contributed by atoms with Gasteiger partial charge >= 0.3 is 0 Å². The number of nitrogens with zero attached hydrogens (tertiary/aromatic N) is 6. The van der Waals surface area contributed by atoms with Crippen molar-refractivity contribution in [3.63, 3.8) is 0 Å². The van der Waals surface area contributed by atoms with Gasteiger partial charge in [-0.3, -0.25) is 9.78 Å². The molecule has 0 unspecified atom stereocenters. The number of hydrogen-bond acceptors (Lipinski definition) is 6. The SMILES string of the molecule is COc1cnccc1N1CCN(C(=O)Cn2cnc(-c3ccccc3)n2)CC1. The highest BCUT2D eigenvalue weighted by Crippen LogP contribution is 2.27. The fourth-order valence-corrected chi connectivity index (χ4v) is 3.32. The van der Waals surface area contributed by atoms with Crippen molar-refractivity contribution in [1.82, 2.24) is 24.6 Å². The minimum atomic E-state index is 0.0471. The van der Waals surface area contributed by atoms with Crippen LogP contribution in [0.5, 0.6) is 5.75 Å². The van der Waals surface area contributed by atoms with Gasteiger partial charge in [0.2, 0.25) is 5.91 Å². The molecule has 4 rings (SSSR count). The van der Waals surface area contributed by atoms with Gasteiger partial charge in [0.1, 0.15) is 12.9 Å². The number of benzene rings is 1. The summed E-state index contributed by atoms with van der Waals surface area (Å²) in [6.45, 7) is 3.00. The first-order valence-corrected chi connectivity index (χ1v) is 9.20. The van der Waals surface area contributed by atoms with Crippen LogP contribution in [-0.4, -0.2) is 63.8 Å². The lowest BCUT2D eigenvalue weighted by Crippen LogP contribution is -2.49. The van der Waals surface area contributed by atoms with E-state index in [1.54, 1.807) is 30.5 Å². The average molecular weight is 378 g/mol. The van der Waals surface area contributed by atoms with Crippen LogP contribution in [0.2, 0.25) is 0 Å². The Balaban J connectivity index is 1.35. The van der Waals surface area contributed by atoms with Crippen LogP contribution in [0.15, 0.2) is 55.1 Å². The summed E-state index contributed by atoms with van der Waals surface area (Å²) in [7, 11) is 1.64. The van der Waals surface area contributed by atoms with Crippen molar-refractivity contribution in [3.05, 3.63) is 55.1 Å². The minimum Gasteiger partial charge on any atom is -0.493 e. The van der Waals surface area contributed by atoms with E-state index in [1.807, 2.05) is 41.3 Å². The van der Waals surface area contributed by atoms with Gasteiger partial charge in [0.25, 0.3) is 0 Å². The fraction of sp³-hybridized carbons (Fsp3) is 0.300. The van der Waals surface area contributed by atoms with Crippen molar-refractivity contribution in [2.24, 2.45) is 0 Å². The zero-order valence-electron chi connectivity index (χ0n) is 15.7. The topological polar surface area (TPSA) is 76.4 Å². The number of amides is 1. The quantitative estimate of drug-likeness (QED) is 0.673. The summed E-state index contributed by atoms with van der Waals surface area (Å²) in [6.07, 6.45) is 5.07. The van der Waals surface area contributed by atoms with E-state index in [4.69, 9.17) is 4.74 Å². The molecule has 3 heterocycles. The molecule has 1 aliphatic heterocycles. The smallest absolute Gasteiger partial charge is 0.244 e. The lowest BCUT2D eigenvalue weighted by Gasteiger charge is -2.36. The number of aromatic nitrogens is 4. The maximum atomic E-state index is 12.7. The van der Waals surface area contributed by atoms with E-state index in [1.165, 1.54) is 0 Å². The Labute approximate surface area is 163 Å². The van der Waals surface area contributed by atoms with Gasteiger partial charge in [-0.1, -0.05) is 30.3 Å². The predicted molar refractivity (Wildman–Crippen MR) is 105 cm³/mol. The third kappa shape index (κ3) is 3.80. The molecule has 1 aromatic carbocycles. The molecule has 0 bridgehead atoms. The van der Waals surface area contributed by atoms with Crippen LogP contribution >= 0.6 is 0 Å². The van der Waals surface area contributed by atoms with Crippen LogP contribution < -0.4 is 9.64 Å². The molecule has 1 saturated heterocycles. The number of methoxy groups -OCH3 is 1. The maximum absolute atomic E-state index is 12.7. The van der Waals surface area contributed by atoms with Gasteiger partial charge in [-0.2, -0.15) is 5.10 Å². The Hall–Kier alpha value is -3.42. The van der Waals surface area contributed by atoms with Crippen LogP contribution in [-0.2, 0) is 11.3 Å². The molecule has 3 aromatic rings. The number of carbonyl (C=O) groups is 1. The second-order valence-corrected chi connectivity index (χ2v) is 6.55. The number of pyridine rings is 1. The third-order valence-corrected chi connectivity index (χ3v) is 4.82. The maximum Gasteiger partial charge on any atom is 0.244 e. The van der Waals surface area contributed by atoms with Gasteiger partial charge < -0.3 is 14.5 Å². The predicted octanol–water partition coefficient (Wildman–Crippen LogP) is 1.70. The van der Waals surface area contributed by atoms with Crippen molar-refractivity contribution in [2.45, 2.75) is 6.54 Å². The number of hydrogen-bond donors (Lipinski definition) is 0. The molecule has 0 radical (unpaired) electrons. The number of anilines is 1. The molecule has 8 heteroatoms. The standard InChI is InChI=1S/C20H22N6O2/c1-28-18-13-21-8-7-17(18)24-9-11-25(12-10-24)19(27)14-26-15-22-20(23-26)16-5-3-2-4-6-16/h2-8,13,15H,9-12,14H2,1H3. The molecule has 144 valence electrons. The fourth-order valence-electron chi connectivity index (χ4n) is 3.32. The number of piperazine rings is 1. The minimum absolute atomic E-state index is 0.0471. The summed E-state index contributed by atoms with van der Waals surface area (Å²) in [5, 5.41) is 4.42. The number of rotatable bonds is 5. The average Bonchev–Trinajstić information content (AvgIpc) is 3.23. The van der Waals surface area contributed by atoms with E-state index in [0.717, 1.165) is 30.1 Å². The summed E-state index contributed by atoms with van der Waals surface area (Å²) in [4.78, 5) is 25.1. The normalized spacial score (nSPS) is 14.2. The number of ether oxygens (including phenoxy) is 1. The second kappa shape index (κ2) is 8.08. The Morgan fingerprint density at radius 1 is 1.11 bits per heavy atom. The molecule has 2 aromatic heterocycles. The molecular weight excluding hydrogens is 356 g/mol. The van der Waals surface area contributed by atoms with Crippen molar-refractivity contribution >= 4 is 11.6 Å². The molecule has 1 aliphatic rings. The summed E-state index contributed by atoms with van der Waals surface area (Å²) in [5.74, 6) is 1.42. The second-order valence-electron chi connectivity index (χ2n) is 6.55. The molecule has 1 amide bonds. The highest BCUT2D eigenvalue weighted by Gasteiger charge is 2.23. The lowest BCUT2D eigenvalue weighted by atomic mass is 10.2. The number of carbonyl (C=O) groups excluding carboxylic acids is 1. The van der Waals surface area contributed by atoms with Crippen LogP contribution in [0.4, 0.5) is 5.69 Å². The molecule has 0 aliphatic carbocycles. The molecule has 0 spiro atoms. The Bertz CT molecular complexity index is 935. The van der Waals surface area contributed by atoms with E-state index >= 15 is 0 Å². The molecule has 8 nitrogen and oxygen atoms in total. The largest absolute Gasteiger partial charge is 0.493 e. The van der Waals surface area contributed by atoms with E-state index in [0.29, 0.717) is 18.9 Å². The van der Waals surface area contributed by atoms with Crippen molar-refractivity contribution in [3.8, 4) is 17.1 Å². The van der Waals surface area contributed by atoms with Crippen molar-refractivity contribution in [2.75, 3.05) is 38.2 Å². The summed E-state index contributed by atoms with van der Waals surface area (Å²) in [6, 6.07) is 11.7. The summed E-state index contributed by atoms with van der Waals surface area (Å²) >= 11 is 0. The van der Waals surface area contributed by atoms with E-state index in [9.17, 15) is 4.79 Å². The van der Waals surface area contributed by atoms with Gasteiger partial charge in [0.15, 0.2) is 11.6 Å². The Kier molecular flexibility index (Phi) is 5.18. The van der Waals surface area contributed by atoms with Crippen molar-refractivity contribution in [1.29, 1.82) is 0 Å². The van der Waals surface area contributed by atoms with Gasteiger partial charge in [-0.05, 0) is 6.07 Å². The highest BCUT2D eigenvalue weighted by molar-refractivity contribution is 5.76. The molecule has 0 N–H and O–H groups in total. The first-order valence-electron chi connectivity index (χ1n) is 9.20. The molecule has 0 saturated carbocycles. The summed E-state index contributed by atoms with van der Waals surface area (Å²) in [5.41, 5.74) is 1.95. The van der Waals surface area contributed by atoms with Crippen LogP contribution in [0.3, 0.4) is 0 Å². The van der Waals surface area contributed by atoms with E-state index < -0.39 is 0 Å². The first kappa shape index (κ1) is 18.0. The monoisotopic (exact) mass is 378 g/mol. The van der Waals surface area contributed by atoms with Gasteiger partial charge in [0, 0.05) is 37.9 Å². The zero-order chi connectivity index (χ0) is 19.3. The van der Waals surface area contributed by atoms with Gasteiger partial charge in [-0.15, -0.1) is 0 Å². The third-order valence-electron chi connectivity index (χ3n) is 4.82. The zero-order valence-corrected chi connectivity index (χ0v) is 15.7. The van der Waals surface area contributed by atoms with Gasteiger partial charge in [0.05, 0.1) is 19.0 Å². The molecular formula is C20H22N6O2. The van der Waals surface area contributed by atoms with Gasteiger partial charge in [-0.25, -0.2) is 9.67 Å². The highest BCUT2D eigenvalue weighted by atomic mass is 16.5. The van der Waals surface area contributed by atoms with E-state index in [-0.39, 0.29) is 12.5 Å². The first-order chi connectivity index (χ1) is 13.7. The lowest BCUT2D eigenvalue weighted by molar-refractivity contribution is -0.132. The van der Waals surface area contributed by atoms with Crippen molar-refractivity contribution < 1.29 is 9.53 Å². The van der Waals surface area contributed by atoms with Crippen LogP contribution in [0.25, 0.3) is 11.4 Å². The molecule has 28 heavy (non-hydrogen) atoms. The summed E-state index contributed by atoms with van der Waals surface area (Å²) < 4.78 is 6.99. The van der Waals surface area contributed by atoms with E-state index in [2.05, 4.69) is 20.0 Å². The Morgan fingerprint density at radius 3 is 2.64 bits per heavy atom. The molecule has 1 fully saturated rings. The van der Waals surface area contributed by atoms with Crippen LogP contribution in [0, 0.1) is 0 Å². The molecule has 0 atom stereocenters. The van der Waals surface area contributed by atoms with Crippen LogP contribution in [0.1, 0.15) is 0 Å². The Morgan fingerprint density at radius 2 is 1.89 bits per heavy atom.